The van der Waals surface area contributed by atoms with E-state index in [9.17, 15) is 0 Å². The van der Waals surface area contributed by atoms with Gasteiger partial charge >= 0.3 is 0 Å². The molecule has 0 aliphatic carbocycles. The lowest BCUT2D eigenvalue weighted by atomic mass is 10.2. The minimum absolute atomic E-state index is 0.324. The summed E-state index contributed by atoms with van der Waals surface area (Å²) in [5.74, 6) is 0.643. The number of hydrogen-bond acceptors (Lipinski definition) is 5. The van der Waals surface area contributed by atoms with Crippen LogP contribution in [0.5, 0.6) is 5.88 Å². The predicted octanol–water partition coefficient (Wildman–Crippen LogP) is 2.67. The maximum atomic E-state index is 5.80. The van der Waals surface area contributed by atoms with Crippen LogP contribution in [0, 0.1) is 0 Å². The molecule has 1 aliphatic rings. The molecule has 3 rings (SSSR count). The standard InChI is InChI=1S/C18H23N3O2/c1-22-18-8-7-15(11-20-18)12-21(14-17-6-4-10-23-17)13-16-5-2-3-9-19-16/h2-3,5,7-9,11,17H,4,6,10,12-14H2,1H3/t17-/m1/s1. The van der Waals surface area contributed by atoms with Crippen molar-refractivity contribution in [2.24, 2.45) is 0 Å². The fraction of sp³-hybridized carbons (Fsp3) is 0.444. The van der Waals surface area contributed by atoms with Crippen LogP contribution in [0.3, 0.4) is 0 Å². The Labute approximate surface area is 137 Å². The van der Waals surface area contributed by atoms with Gasteiger partial charge in [0.05, 0.1) is 18.9 Å². The van der Waals surface area contributed by atoms with Crippen molar-refractivity contribution in [2.75, 3.05) is 20.3 Å². The minimum Gasteiger partial charge on any atom is -0.481 e. The van der Waals surface area contributed by atoms with Gasteiger partial charge in [0, 0.05) is 44.7 Å². The SMILES string of the molecule is COc1ccc(CN(Cc2ccccn2)C[C@H]2CCCO2)cn1. The lowest BCUT2D eigenvalue weighted by Gasteiger charge is -2.25. The van der Waals surface area contributed by atoms with Crippen molar-refractivity contribution in [1.29, 1.82) is 0 Å². The van der Waals surface area contributed by atoms with E-state index in [2.05, 4.69) is 27.0 Å². The molecule has 0 N–H and O–H groups in total. The summed E-state index contributed by atoms with van der Waals surface area (Å²) in [5, 5.41) is 0. The molecule has 0 aromatic carbocycles. The van der Waals surface area contributed by atoms with Crippen LogP contribution in [0.2, 0.25) is 0 Å². The summed E-state index contributed by atoms with van der Waals surface area (Å²) in [7, 11) is 1.63. The summed E-state index contributed by atoms with van der Waals surface area (Å²) in [4.78, 5) is 11.1. The Morgan fingerprint density at radius 2 is 2.17 bits per heavy atom. The third kappa shape index (κ3) is 4.74. The average Bonchev–Trinajstić information content (AvgIpc) is 3.09. The van der Waals surface area contributed by atoms with Gasteiger partial charge in [-0.15, -0.1) is 0 Å². The highest BCUT2D eigenvalue weighted by atomic mass is 16.5. The second-order valence-electron chi connectivity index (χ2n) is 5.83. The summed E-state index contributed by atoms with van der Waals surface area (Å²) in [6, 6.07) is 10.0. The maximum absolute atomic E-state index is 5.80. The molecule has 1 aliphatic heterocycles. The van der Waals surface area contributed by atoms with Crippen molar-refractivity contribution >= 4 is 0 Å². The quantitative estimate of drug-likeness (QED) is 0.786. The summed E-state index contributed by atoms with van der Waals surface area (Å²) in [5.41, 5.74) is 2.24. The van der Waals surface area contributed by atoms with E-state index in [-0.39, 0.29) is 0 Å². The Hall–Kier alpha value is -1.98. The van der Waals surface area contributed by atoms with E-state index in [0.717, 1.165) is 44.8 Å². The van der Waals surface area contributed by atoms with E-state index in [4.69, 9.17) is 9.47 Å². The normalized spacial score (nSPS) is 17.6. The van der Waals surface area contributed by atoms with Crippen LogP contribution in [-0.2, 0) is 17.8 Å². The number of nitrogens with zero attached hydrogens (tertiary/aromatic N) is 3. The third-order valence-corrected chi connectivity index (χ3v) is 4.01. The molecule has 0 radical (unpaired) electrons. The van der Waals surface area contributed by atoms with Crippen LogP contribution in [-0.4, -0.2) is 41.2 Å². The summed E-state index contributed by atoms with van der Waals surface area (Å²) >= 11 is 0. The highest BCUT2D eigenvalue weighted by molar-refractivity contribution is 5.17. The molecule has 0 spiro atoms. The second kappa shape index (κ2) is 8.04. The number of ether oxygens (including phenoxy) is 2. The van der Waals surface area contributed by atoms with Crippen molar-refractivity contribution in [1.82, 2.24) is 14.9 Å². The maximum Gasteiger partial charge on any atom is 0.212 e. The molecule has 5 heteroatoms. The Balaban J connectivity index is 1.67. The van der Waals surface area contributed by atoms with Crippen LogP contribution < -0.4 is 4.74 Å². The van der Waals surface area contributed by atoms with Crippen LogP contribution in [0.25, 0.3) is 0 Å². The van der Waals surface area contributed by atoms with Crippen LogP contribution in [0.4, 0.5) is 0 Å². The Morgan fingerprint density at radius 1 is 1.22 bits per heavy atom. The molecular weight excluding hydrogens is 290 g/mol. The molecule has 1 saturated heterocycles. The molecular formula is C18H23N3O2. The van der Waals surface area contributed by atoms with Gasteiger partial charge in [0.25, 0.3) is 0 Å². The van der Waals surface area contributed by atoms with Gasteiger partial charge in [-0.2, -0.15) is 0 Å². The zero-order valence-corrected chi connectivity index (χ0v) is 13.5. The zero-order valence-electron chi connectivity index (χ0n) is 13.5. The molecule has 5 nitrogen and oxygen atoms in total. The molecule has 0 unspecified atom stereocenters. The molecule has 2 aromatic rings. The first-order valence-electron chi connectivity index (χ1n) is 8.06. The van der Waals surface area contributed by atoms with Crippen molar-refractivity contribution < 1.29 is 9.47 Å². The highest BCUT2D eigenvalue weighted by Crippen LogP contribution is 2.17. The van der Waals surface area contributed by atoms with Gasteiger partial charge in [0.2, 0.25) is 5.88 Å². The van der Waals surface area contributed by atoms with Gasteiger partial charge in [-0.3, -0.25) is 9.88 Å². The van der Waals surface area contributed by atoms with Crippen molar-refractivity contribution in [2.45, 2.75) is 32.0 Å². The Morgan fingerprint density at radius 3 is 2.83 bits per heavy atom. The number of methoxy groups -OCH3 is 1. The fourth-order valence-corrected chi connectivity index (χ4v) is 2.87. The Bertz CT molecular complexity index is 583. The largest absolute Gasteiger partial charge is 0.481 e. The first-order chi connectivity index (χ1) is 11.3. The van der Waals surface area contributed by atoms with Crippen molar-refractivity contribution in [3.8, 4) is 5.88 Å². The van der Waals surface area contributed by atoms with Gasteiger partial charge < -0.3 is 9.47 Å². The number of aromatic nitrogens is 2. The molecule has 1 fully saturated rings. The van der Waals surface area contributed by atoms with Crippen molar-refractivity contribution in [3.63, 3.8) is 0 Å². The molecule has 1 atom stereocenters. The number of pyridine rings is 2. The lowest BCUT2D eigenvalue weighted by molar-refractivity contribution is 0.0674. The zero-order chi connectivity index (χ0) is 15.9. The predicted molar refractivity (Wildman–Crippen MR) is 88.1 cm³/mol. The molecule has 0 saturated carbocycles. The van der Waals surface area contributed by atoms with E-state index in [1.54, 1.807) is 7.11 Å². The van der Waals surface area contributed by atoms with Crippen LogP contribution >= 0.6 is 0 Å². The van der Waals surface area contributed by atoms with E-state index in [1.165, 1.54) is 5.56 Å². The first-order valence-corrected chi connectivity index (χ1v) is 8.06. The monoisotopic (exact) mass is 313 g/mol. The van der Waals surface area contributed by atoms with Gasteiger partial charge in [0.1, 0.15) is 0 Å². The summed E-state index contributed by atoms with van der Waals surface area (Å²) in [6.07, 6.45) is 6.34. The van der Waals surface area contributed by atoms with E-state index in [1.807, 2.05) is 30.6 Å². The average molecular weight is 313 g/mol. The van der Waals surface area contributed by atoms with E-state index >= 15 is 0 Å². The summed E-state index contributed by atoms with van der Waals surface area (Å²) in [6.45, 7) is 3.44. The van der Waals surface area contributed by atoms with Gasteiger partial charge in [-0.25, -0.2) is 4.98 Å². The third-order valence-electron chi connectivity index (χ3n) is 4.01. The fourth-order valence-electron chi connectivity index (χ4n) is 2.87. The summed E-state index contributed by atoms with van der Waals surface area (Å²) < 4.78 is 10.9. The molecule has 3 heterocycles. The van der Waals surface area contributed by atoms with Gasteiger partial charge in [0.15, 0.2) is 0 Å². The minimum atomic E-state index is 0.324. The van der Waals surface area contributed by atoms with E-state index < -0.39 is 0 Å². The number of rotatable bonds is 7. The smallest absolute Gasteiger partial charge is 0.212 e. The van der Waals surface area contributed by atoms with Crippen LogP contribution in [0.15, 0.2) is 42.7 Å². The molecule has 0 amide bonds. The topological polar surface area (TPSA) is 47.5 Å². The van der Waals surface area contributed by atoms with Crippen LogP contribution in [0.1, 0.15) is 24.1 Å². The molecule has 23 heavy (non-hydrogen) atoms. The molecule has 122 valence electrons. The molecule has 0 bridgehead atoms. The van der Waals surface area contributed by atoms with Gasteiger partial charge in [-0.1, -0.05) is 12.1 Å². The van der Waals surface area contributed by atoms with Gasteiger partial charge in [-0.05, 0) is 30.5 Å². The first kappa shape index (κ1) is 15.9. The Kier molecular flexibility index (Phi) is 5.56. The number of hydrogen-bond donors (Lipinski definition) is 0. The second-order valence-corrected chi connectivity index (χ2v) is 5.83. The highest BCUT2D eigenvalue weighted by Gasteiger charge is 2.20. The lowest BCUT2D eigenvalue weighted by Crippen LogP contribution is -2.31. The van der Waals surface area contributed by atoms with E-state index in [0.29, 0.717) is 12.0 Å². The molecule has 2 aromatic heterocycles. The van der Waals surface area contributed by atoms with Crippen molar-refractivity contribution in [3.05, 3.63) is 54.0 Å².